The molecule has 2 atom stereocenters. The summed E-state index contributed by atoms with van der Waals surface area (Å²) < 4.78 is 5.67. The second-order valence-corrected chi connectivity index (χ2v) is 8.63. The number of aromatic nitrogens is 1. The Balaban J connectivity index is 1.73. The Labute approximate surface area is 168 Å². The molecule has 0 fully saturated rings. The van der Waals surface area contributed by atoms with Crippen molar-refractivity contribution < 1.29 is 9.53 Å². The number of ether oxygens (including phenoxy) is 1. The average molecular weight is 382 g/mol. The summed E-state index contributed by atoms with van der Waals surface area (Å²) in [6.07, 6.45) is 2.45. The van der Waals surface area contributed by atoms with Gasteiger partial charge in [0.15, 0.2) is 0 Å². The van der Waals surface area contributed by atoms with Gasteiger partial charge in [0.05, 0.1) is 11.7 Å². The highest BCUT2D eigenvalue weighted by molar-refractivity contribution is 5.69. The van der Waals surface area contributed by atoms with Crippen molar-refractivity contribution in [1.82, 2.24) is 15.2 Å². The van der Waals surface area contributed by atoms with Crippen molar-refractivity contribution in [2.75, 3.05) is 6.54 Å². The third-order valence-electron chi connectivity index (χ3n) is 5.02. The molecule has 2 heterocycles. The van der Waals surface area contributed by atoms with Crippen molar-refractivity contribution in [3.63, 3.8) is 0 Å². The fourth-order valence-corrected chi connectivity index (χ4v) is 3.46. The molecule has 0 bridgehead atoms. The molecule has 0 spiro atoms. The van der Waals surface area contributed by atoms with E-state index < -0.39 is 5.60 Å². The second kappa shape index (κ2) is 8.31. The number of benzene rings is 1. The molecule has 1 aromatic heterocycles. The van der Waals surface area contributed by atoms with Gasteiger partial charge < -0.3 is 10.1 Å². The molecule has 1 unspecified atom stereocenters. The molecular formula is C23H31N3O2. The van der Waals surface area contributed by atoms with Crippen LogP contribution >= 0.6 is 0 Å². The SMILES string of the molecule is Cc1ccc([C@H](C)NCC2Cc3ccccc3CN2C(=O)OC(C)(C)C)nc1. The van der Waals surface area contributed by atoms with Crippen LogP contribution in [-0.4, -0.2) is 34.2 Å². The summed E-state index contributed by atoms with van der Waals surface area (Å²) in [6.45, 7) is 11.1. The quantitative estimate of drug-likeness (QED) is 0.853. The Morgan fingerprint density at radius 2 is 1.96 bits per heavy atom. The van der Waals surface area contributed by atoms with Crippen molar-refractivity contribution in [3.05, 3.63) is 65.0 Å². The summed E-state index contributed by atoms with van der Waals surface area (Å²) in [7, 11) is 0. The van der Waals surface area contributed by atoms with E-state index in [1.54, 1.807) is 0 Å². The third-order valence-corrected chi connectivity index (χ3v) is 5.02. The van der Waals surface area contributed by atoms with Crippen LogP contribution in [0, 0.1) is 6.92 Å². The Hall–Kier alpha value is -2.40. The predicted molar refractivity (Wildman–Crippen MR) is 111 cm³/mol. The molecule has 1 N–H and O–H groups in total. The molecule has 1 aliphatic heterocycles. The van der Waals surface area contributed by atoms with Crippen molar-refractivity contribution in [2.24, 2.45) is 0 Å². The Morgan fingerprint density at radius 3 is 2.61 bits per heavy atom. The predicted octanol–water partition coefficient (Wildman–Crippen LogP) is 4.40. The van der Waals surface area contributed by atoms with Crippen molar-refractivity contribution in [1.29, 1.82) is 0 Å². The molecule has 1 aromatic carbocycles. The molecule has 5 nitrogen and oxygen atoms in total. The number of carbonyl (C=O) groups is 1. The van der Waals surface area contributed by atoms with E-state index in [0.717, 1.165) is 17.7 Å². The summed E-state index contributed by atoms with van der Waals surface area (Å²) in [6, 6.07) is 12.6. The van der Waals surface area contributed by atoms with Gasteiger partial charge in [-0.25, -0.2) is 4.79 Å². The van der Waals surface area contributed by atoms with Crippen molar-refractivity contribution >= 4 is 6.09 Å². The number of rotatable bonds is 4. The van der Waals surface area contributed by atoms with Gasteiger partial charge >= 0.3 is 6.09 Å². The van der Waals surface area contributed by atoms with E-state index in [4.69, 9.17) is 4.74 Å². The first-order valence-corrected chi connectivity index (χ1v) is 9.95. The summed E-state index contributed by atoms with van der Waals surface area (Å²) in [4.78, 5) is 19.2. The number of amides is 1. The highest BCUT2D eigenvalue weighted by atomic mass is 16.6. The largest absolute Gasteiger partial charge is 0.444 e. The fourth-order valence-electron chi connectivity index (χ4n) is 3.46. The van der Waals surface area contributed by atoms with E-state index in [1.165, 1.54) is 11.1 Å². The van der Waals surface area contributed by atoms with Gasteiger partial charge in [-0.3, -0.25) is 9.88 Å². The standard InChI is InChI=1S/C23H31N3O2/c1-16-10-11-21(25-13-16)17(2)24-14-20-12-18-8-6-7-9-19(18)15-26(20)22(27)28-23(3,4)5/h6-11,13,17,20,24H,12,14-15H2,1-5H3/t17-,20?/m0/s1. The molecule has 0 aliphatic carbocycles. The maximum Gasteiger partial charge on any atom is 0.410 e. The maximum absolute atomic E-state index is 12.8. The van der Waals surface area contributed by atoms with E-state index in [0.29, 0.717) is 13.1 Å². The van der Waals surface area contributed by atoms with Crippen LogP contribution in [0.15, 0.2) is 42.6 Å². The molecule has 28 heavy (non-hydrogen) atoms. The van der Waals surface area contributed by atoms with Gasteiger partial charge in [-0.15, -0.1) is 0 Å². The number of pyridine rings is 1. The summed E-state index contributed by atoms with van der Waals surface area (Å²) in [5.74, 6) is 0. The number of fused-ring (bicyclic) bond motifs is 1. The lowest BCUT2D eigenvalue weighted by atomic mass is 9.94. The van der Waals surface area contributed by atoms with Gasteiger partial charge in [0.2, 0.25) is 0 Å². The molecule has 1 amide bonds. The number of nitrogens with one attached hydrogen (secondary N) is 1. The first-order chi connectivity index (χ1) is 13.2. The summed E-state index contributed by atoms with van der Waals surface area (Å²) in [5, 5.41) is 3.55. The van der Waals surface area contributed by atoms with Gasteiger partial charge in [-0.2, -0.15) is 0 Å². The number of nitrogens with zero attached hydrogens (tertiary/aromatic N) is 2. The highest BCUT2D eigenvalue weighted by Gasteiger charge is 2.32. The monoisotopic (exact) mass is 381 g/mol. The Kier molecular flexibility index (Phi) is 6.04. The van der Waals surface area contributed by atoms with Crippen LogP contribution in [0.4, 0.5) is 4.79 Å². The second-order valence-electron chi connectivity index (χ2n) is 8.63. The zero-order valence-corrected chi connectivity index (χ0v) is 17.5. The zero-order chi connectivity index (χ0) is 20.3. The van der Waals surface area contributed by atoms with Gasteiger partial charge in [0, 0.05) is 25.3 Å². The molecule has 2 aromatic rings. The molecule has 1 aliphatic rings. The number of hydrogen-bond donors (Lipinski definition) is 1. The van der Waals surface area contributed by atoms with E-state index in [-0.39, 0.29) is 18.2 Å². The molecule has 3 rings (SSSR count). The van der Waals surface area contributed by atoms with Gasteiger partial charge in [-0.1, -0.05) is 30.3 Å². The molecule has 0 radical (unpaired) electrons. The number of carbonyl (C=O) groups excluding carboxylic acids is 1. The van der Waals surface area contributed by atoms with Crippen LogP contribution in [0.25, 0.3) is 0 Å². The van der Waals surface area contributed by atoms with Crippen LogP contribution in [0.2, 0.25) is 0 Å². The average Bonchev–Trinajstić information content (AvgIpc) is 2.64. The first kappa shape index (κ1) is 20.3. The minimum atomic E-state index is -0.509. The van der Waals surface area contributed by atoms with E-state index in [2.05, 4.69) is 47.6 Å². The Morgan fingerprint density at radius 1 is 1.25 bits per heavy atom. The normalized spacial score (nSPS) is 17.8. The topological polar surface area (TPSA) is 54.5 Å². The number of hydrogen-bond acceptors (Lipinski definition) is 4. The Bertz CT molecular complexity index is 811. The van der Waals surface area contributed by atoms with Crippen LogP contribution in [-0.2, 0) is 17.7 Å². The molecule has 0 saturated carbocycles. The van der Waals surface area contributed by atoms with Crippen LogP contribution in [0.3, 0.4) is 0 Å². The van der Waals surface area contributed by atoms with E-state index in [9.17, 15) is 4.79 Å². The first-order valence-electron chi connectivity index (χ1n) is 9.95. The number of aryl methyl sites for hydroxylation is 1. The summed E-state index contributed by atoms with van der Waals surface area (Å²) >= 11 is 0. The minimum Gasteiger partial charge on any atom is -0.444 e. The van der Waals surface area contributed by atoms with Gasteiger partial charge in [0.25, 0.3) is 0 Å². The summed E-state index contributed by atoms with van der Waals surface area (Å²) in [5.41, 5.74) is 4.14. The lowest BCUT2D eigenvalue weighted by Crippen LogP contribution is -2.50. The van der Waals surface area contributed by atoms with Crippen molar-refractivity contribution in [3.8, 4) is 0 Å². The van der Waals surface area contributed by atoms with E-state index in [1.807, 2.05) is 44.9 Å². The molecular weight excluding hydrogens is 350 g/mol. The van der Waals surface area contributed by atoms with Crippen molar-refractivity contribution in [2.45, 2.75) is 65.3 Å². The molecule has 0 saturated heterocycles. The van der Waals surface area contributed by atoms with Crippen LogP contribution < -0.4 is 5.32 Å². The van der Waals surface area contributed by atoms with E-state index >= 15 is 0 Å². The lowest BCUT2D eigenvalue weighted by molar-refractivity contribution is 0.0117. The maximum atomic E-state index is 12.8. The molecule has 150 valence electrons. The molecule has 5 heteroatoms. The lowest BCUT2D eigenvalue weighted by Gasteiger charge is -2.38. The van der Waals surface area contributed by atoms with Gasteiger partial charge in [0.1, 0.15) is 5.60 Å². The van der Waals surface area contributed by atoms with Gasteiger partial charge in [-0.05, 0) is 63.8 Å². The minimum absolute atomic E-state index is 0.0395. The smallest absolute Gasteiger partial charge is 0.410 e. The zero-order valence-electron chi connectivity index (χ0n) is 17.5. The highest BCUT2D eigenvalue weighted by Crippen LogP contribution is 2.25. The van der Waals surface area contributed by atoms with Crippen LogP contribution in [0.5, 0.6) is 0 Å². The van der Waals surface area contributed by atoms with Crippen LogP contribution in [0.1, 0.15) is 56.1 Å². The third kappa shape index (κ3) is 5.10. The fraction of sp³-hybridized carbons (Fsp3) is 0.478.